The fraction of sp³-hybridized carbons (Fsp3) is 0.444. The van der Waals surface area contributed by atoms with Crippen molar-refractivity contribution >= 4 is 38.9 Å². The molecule has 0 aliphatic carbocycles. The summed E-state index contributed by atoms with van der Waals surface area (Å²) < 4.78 is 26.8. The first-order valence-corrected chi connectivity index (χ1v) is 11.8. The van der Waals surface area contributed by atoms with Crippen molar-refractivity contribution in [2.24, 2.45) is 0 Å². The van der Waals surface area contributed by atoms with E-state index in [2.05, 4.69) is 4.98 Å². The molecular formula is C18H22N2O3S3. The number of thiophene rings is 1. The lowest BCUT2D eigenvalue weighted by Gasteiger charge is -2.25. The van der Waals surface area contributed by atoms with Crippen molar-refractivity contribution in [1.82, 2.24) is 9.29 Å². The number of aryl methyl sites for hydroxylation is 2. The molecule has 1 fully saturated rings. The number of Topliss-reactive ketones (excluding diaryl/α,β-unsaturated/α-hetero) is 1. The first-order valence-electron chi connectivity index (χ1n) is 8.57. The average molecular weight is 411 g/mol. The van der Waals surface area contributed by atoms with Crippen LogP contribution in [0.2, 0.25) is 0 Å². The van der Waals surface area contributed by atoms with Crippen molar-refractivity contribution < 1.29 is 13.2 Å². The Kier molecular flexibility index (Phi) is 6.17. The van der Waals surface area contributed by atoms with Crippen LogP contribution in [0.5, 0.6) is 0 Å². The number of hydrogen-bond donors (Lipinski definition) is 0. The number of hydrogen-bond acceptors (Lipinski definition) is 6. The monoisotopic (exact) mass is 410 g/mol. The molecule has 0 amide bonds. The van der Waals surface area contributed by atoms with Crippen LogP contribution >= 0.6 is 23.1 Å². The molecule has 0 atom stereocenters. The minimum atomic E-state index is -3.46. The maximum Gasteiger partial charge on any atom is 0.244 e. The van der Waals surface area contributed by atoms with E-state index < -0.39 is 10.0 Å². The summed E-state index contributed by atoms with van der Waals surface area (Å²) in [5.41, 5.74) is 0.768. The Morgan fingerprint density at radius 3 is 2.54 bits per heavy atom. The highest BCUT2D eigenvalue weighted by Crippen LogP contribution is 2.25. The summed E-state index contributed by atoms with van der Waals surface area (Å²) >= 11 is 2.95. The van der Waals surface area contributed by atoms with E-state index in [0.29, 0.717) is 23.9 Å². The molecule has 0 radical (unpaired) electrons. The molecule has 0 bridgehead atoms. The number of thioether (sulfide) groups is 1. The molecule has 8 heteroatoms. The van der Waals surface area contributed by atoms with E-state index in [1.165, 1.54) is 22.3 Å². The van der Waals surface area contributed by atoms with Crippen LogP contribution in [0.4, 0.5) is 0 Å². The molecule has 1 aliphatic rings. The Balaban J connectivity index is 1.64. The molecule has 2 aromatic rings. The lowest BCUT2D eigenvalue weighted by Crippen LogP contribution is -2.35. The summed E-state index contributed by atoms with van der Waals surface area (Å²) in [6, 6.07) is 5.19. The molecule has 1 saturated heterocycles. The van der Waals surface area contributed by atoms with Gasteiger partial charge in [0, 0.05) is 34.6 Å². The fourth-order valence-electron chi connectivity index (χ4n) is 2.98. The van der Waals surface area contributed by atoms with E-state index in [4.69, 9.17) is 0 Å². The Bertz CT molecular complexity index is 883. The molecule has 1 aliphatic heterocycles. The number of pyridine rings is 1. The minimum absolute atomic E-state index is 0.0728. The highest BCUT2D eigenvalue weighted by molar-refractivity contribution is 7.99. The molecule has 140 valence electrons. The Labute approximate surface area is 162 Å². The third-order valence-electron chi connectivity index (χ3n) is 4.35. The van der Waals surface area contributed by atoms with Crippen LogP contribution in [-0.4, -0.2) is 42.3 Å². The van der Waals surface area contributed by atoms with Crippen molar-refractivity contribution in [2.45, 2.75) is 43.0 Å². The normalized spacial score (nSPS) is 15.9. The van der Waals surface area contributed by atoms with E-state index in [0.717, 1.165) is 34.6 Å². The average Bonchev–Trinajstić information content (AvgIpc) is 2.99. The number of carbonyl (C=O) groups is 1. The van der Waals surface area contributed by atoms with Crippen LogP contribution in [0.15, 0.2) is 34.3 Å². The van der Waals surface area contributed by atoms with Gasteiger partial charge in [0.25, 0.3) is 0 Å². The molecule has 0 unspecified atom stereocenters. The van der Waals surface area contributed by atoms with Gasteiger partial charge in [-0.25, -0.2) is 13.4 Å². The summed E-state index contributed by atoms with van der Waals surface area (Å²) in [6.45, 7) is 5.10. The van der Waals surface area contributed by atoms with Gasteiger partial charge in [-0.2, -0.15) is 4.31 Å². The van der Waals surface area contributed by atoms with Gasteiger partial charge in [0.1, 0.15) is 4.90 Å². The predicted octanol–water partition coefficient (Wildman–Crippen LogP) is 3.91. The van der Waals surface area contributed by atoms with E-state index in [1.807, 2.05) is 19.9 Å². The second-order valence-corrected chi connectivity index (χ2v) is 10.7. The SMILES string of the molecule is Cc1cc(C(=O)CSc2ccc(S(=O)(=O)N3CCCCC3)cn2)c(C)s1. The van der Waals surface area contributed by atoms with Gasteiger partial charge < -0.3 is 0 Å². The van der Waals surface area contributed by atoms with Crippen LogP contribution in [0.3, 0.4) is 0 Å². The predicted molar refractivity (Wildman–Crippen MR) is 106 cm³/mol. The summed E-state index contributed by atoms with van der Waals surface area (Å²) in [5.74, 6) is 0.367. The van der Waals surface area contributed by atoms with Crippen molar-refractivity contribution in [3.63, 3.8) is 0 Å². The largest absolute Gasteiger partial charge is 0.293 e. The first-order chi connectivity index (χ1) is 12.4. The van der Waals surface area contributed by atoms with Crippen molar-refractivity contribution in [1.29, 1.82) is 0 Å². The van der Waals surface area contributed by atoms with E-state index in [-0.39, 0.29) is 10.7 Å². The van der Waals surface area contributed by atoms with Gasteiger partial charge in [-0.15, -0.1) is 11.3 Å². The van der Waals surface area contributed by atoms with Gasteiger partial charge in [0.2, 0.25) is 10.0 Å². The third kappa shape index (κ3) is 4.36. The highest BCUT2D eigenvalue weighted by Gasteiger charge is 2.26. The number of sulfonamides is 1. The van der Waals surface area contributed by atoms with Crippen molar-refractivity contribution in [3.8, 4) is 0 Å². The van der Waals surface area contributed by atoms with Crippen molar-refractivity contribution in [2.75, 3.05) is 18.8 Å². The van der Waals surface area contributed by atoms with Gasteiger partial charge in [-0.3, -0.25) is 4.79 Å². The van der Waals surface area contributed by atoms with Crippen LogP contribution in [0, 0.1) is 13.8 Å². The second-order valence-electron chi connectivity index (χ2n) is 6.34. The number of rotatable bonds is 6. The fourth-order valence-corrected chi connectivity index (χ4v) is 6.12. The molecule has 3 heterocycles. The van der Waals surface area contributed by atoms with E-state index >= 15 is 0 Å². The van der Waals surface area contributed by atoms with Gasteiger partial charge in [-0.1, -0.05) is 18.2 Å². The molecule has 3 rings (SSSR count). The quantitative estimate of drug-likeness (QED) is 0.533. The maximum absolute atomic E-state index is 12.6. The minimum Gasteiger partial charge on any atom is -0.293 e. The maximum atomic E-state index is 12.6. The Morgan fingerprint density at radius 1 is 1.23 bits per heavy atom. The zero-order chi connectivity index (χ0) is 18.7. The molecule has 26 heavy (non-hydrogen) atoms. The smallest absolute Gasteiger partial charge is 0.244 e. The zero-order valence-electron chi connectivity index (χ0n) is 14.9. The molecule has 2 aromatic heterocycles. The lowest BCUT2D eigenvalue weighted by molar-refractivity contribution is 0.102. The molecule has 0 spiro atoms. The standard InChI is InChI=1S/C18H22N2O3S3/c1-13-10-16(14(2)25-13)17(21)12-24-18-7-6-15(11-19-18)26(22,23)20-8-4-3-5-9-20/h6-7,10-11H,3-5,8-9,12H2,1-2H3. The molecule has 0 saturated carbocycles. The van der Waals surface area contributed by atoms with Gasteiger partial charge in [0.15, 0.2) is 5.78 Å². The number of carbonyl (C=O) groups excluding carboxylic acids is 1. The number of nitrogens with zero attached hydrogens (tertiary/aromatic N) is 2. The number of aromatic nitrogens is 1. The topological polar surface area (TPSA) is 67.3 Å². The molecular weight excluding hydrogens is 388 g/mol. The first kappa shape index (κ1) is 19.5. The highest BCUT2D eigenvalue weighted by atomic mass is 32.2. The van der Waals surface area contributed by atoms with Crippen LogP contribution < -0.4 is 0 Å². The molecule has 5 nitrogen and oxygen atoms in total. The van der Waals surface area contributed by atoms with Crippen LogP contribution in [-0.2, 0) is 10.0 Å². The van der Waals surface area contributed by atoms with Gasteiger partial charge >= 0.3 is 0 Å². The Hall–Kier alpha value is -1.22. The van der Waals surface area contributed by atoms with E-state index in [1.54, 1.807) is 23.5 Å². The van der Waals surface area contributed by atoms with Crippen LogP contribution in [0.25, 0.3) is 0 Å². The van der Waals surface area contributed by atoms with Gasteiger partial charge in [0.05, 0.1) is 10.8 Å². The number of piperidine rings is 1. The van der Waals surface area contributed by atoms with Gasteiger partial charge in [-0.05, 0) is 44.9 Å². The number of ketones is 1. The lowest BCUT2D eigenvalue weighted by atomic mass is 10.2. The second kappa shape index (κ2) is 8.21. The Morgan fingerprint density at radius 2 is 1.96 bits per heavy atom. The zero-order valence-corrected chi connectivity index (χ0v) is 17.3. The van der Waals surface area contributed by atoms with Crippen LogP contribution in [0.1, 0.15) is 39.4 Å². The third-order valence-corrected chi connectivity index (χ3v) is 8.15. The summed E-state index contributed by atoms with van der Waals surface area (Å²) in [7, 11) is -3.46. The summed E-state index contributed by atoms with van der Waals surface area (Å²) in [4.78, 5) is 19.0. The van der Waals surface area contributed by atoms with Crippen molar-refractivity contribution in [3.05, 3.63) is 39.7 Å². The van der Waals surface area contributed by atoms with E-state index in [9.17, 15) is 13.2 Å². The summed E-state index contributed by atoms with van der Waals surface area (Å²) in [6.07, 6.45) is 4.29. The summed E-state index contributed by atoms with van der Waals surface area (Å²) in [5, 5.41) is 0.653. The molecule has 0 aromatic carbocycles. The molecule has 0 N–H and O–H groups in total.